The molecule has 21 heavy (non-hydrogen) atoms. The van der Waals surface area contributed by atoms with Gasteiger partial charge in [0, 0.05) is 0 Å². The third kappa shape index (κ3) is 3.39. The number of nitrogens with one attached hydrogen (secondary N) is 2. The second-order valence-electron chi connectivity index (χ2n) is 4.12. The molecule has 1 aromatic carbocycles. The molecule has 2 rings (SSSR count). The van der Waals surface area contributed by atoms with Crippen molar-refractivity contribution in [2.45, 2.75) is 11.8 Å². The topological polar surface area (TPSA) is 95.1 Å². The number of anilines is 1. The molecule has 3 N–H and O–H groups in total. The monoisotopic (exact) mass is 309 g/mol. The maximum Gasteiger partial charge on any atom is 0.265 e. The highest BCUT2D eigenvalue weighted by Gasteiger charge is 2.19. The zero-order chi connectivity index (χ0) is 15.5. The Morgan fingerprint density at radius 1 is 1.48 bits per heavy atom. The number of aliphatic hydroxyl groups is 1. The van der Waals surface area contributed by atoms with E-state index in [9.17, 15) is 12.8 Å². The molecule has 6 nitrogen and oxygen atoms in total. The predicted molar refractivity (Wildman–Crippen MR) is 74.5 cm³/mol. The van der Waals surface area contributed by atoms with E-state index in [-0.39, 0.29) is 22.8 Å². The van der Waals surface area contributed by atoms with E-state index in [2.05, 4.69) is 26.8 Å². The molecule has 8 heteroatoms. The third-order valence-electron chi connectivity index (χ3n) is 2.60. The van der Waals surface area contributed by atoms with Crippen LogP contribution in [0.3, 0.4) is 0 Å². The summed E-state index contributed by atoms with van der Waals surface area (Å²) in [5, 5.41) is 14.7. The van der Waals surface area contributed by atoms with Crippen molar-refractivity contribution in [2.75, 3.05) is 11.3 Å². The summed E-state index contributed by atoms with van der Waals surface area (Å²) >= 11 is 0. The molecular weight excluding hydrogens is 297 g/mol. The van der Waals surface area contributed by atoms with Crippen LogP contribution in [0.15, 0.2) is 29.3 Å². The molecule has 0 aliphatic heterocycles. The molecule has 0 spiro atoms. The second-order valence-corrected chi connectivity index (χ2v) is 5.77. The predicted octanol–water partition coefficient (Wildman–Crippen LogP) is 1.00. The smallest absolute Gasteiger partial charge is 0.265 e. The molecule has 0 aliphatic rings. The second kappa shape index (κ2) is 5.95. The Kier molecular flexibility index (Phi) is 4.26. The highest BCUT2D eigenvalue weighted by molar-refractivity contribution is 7.92. The maximum absolute atomic E-state index is 13.7. The molecule has 0 unspecified atom stereocenters. The van der Waals surface area contributed by atoms with Crippen LogP contribution < -0.4 is 4.72 Å². The Labute approximate surface area is 121 Å². The summed E-state index contributed by atoms with van der Waals surface area (Å²) in [4.78, 5) is -0.00735. The van der Waals surface area contributed by atoms with E-state index < -0.39 is 15.8 Å². The fourth-order valence-corrected chi connectivity index (χ4v) is 2.82. The number of hydrogen-bond donors (Lipinski definition) is 3. The van der Waals surface area contributed by atoms with Gasteiger partial charge in [0.1, 0.15) is 17.3 Å². The molecule has 1 heterocycles. The Balaban J connectivity index is 2.29. The quantitative estimate of drug-likeness (QED) is 0.737. The minimum atomic E-state index is -3.83. The first-order valence-electron chi connectivity index (χ1n) is 5.86. The lowest BCUT2D eigenvalue weighted by Crippen LogP contribution is -2.13. The Morgan fingerprint density at radius 2 is 2.24 bits per heavy atom. The Morgan fingerprint density at radius 3 is 2.81 bits per heavy atom. The number of aryl methyl sites for hydroxylation is 1. The summed E-state index contributed by atoms with van der Waals surface area (Å²) in [6, 6.07) is 3.74. The molecule has 0 saturated heterocycles. The number of aliphatic hydroxyl groups excluding tert-OH is 1. The third-order valence-corrected chi connectivity index (χ3v) is 4.09. The van der Waals surface area contributed by atoms with Crippen LogP contribution in [0.1, 0.15) is 11.3 Å². The highest BCUT2D eigenvalue weighted by atomic mass is 32.2. The van der Waals surface area contributed by atoms with Gasteiger partial charge >= 0.3 is 0 Å². The van der Waals surface area contributed by atoms with Gasteiger partial charge in [-0.15, -0.1) is 0 Å². The lowest BCUT2D eigenvalue weighted by molar-refractivity contribution is 0.350. The van der Waals surface area contributed by atoms with Crippen LogP contribution in [-0.2, 0) is 10.0 Å². The van der Waals surface area contributed by atoms with Gasteiger partial charge in [-0.25, -0.2) is 12.8 Å². The number of benzene rings is 1. The number of rotatable bonds is 3. The van der Waals surface area contributed by atoms with Gasteiger partial charge in [0.05, 0.1) is 23.1 Å². The first kappa shape index (κ1) is 15.0. The lowest BCUT2D eigenvalue weighted by atomic mass is 10.2. The van der Waals surface area contributed by atoms with Crippen molar-refractivity contribution in [1.82, 2.24) is 10.2 Å². The molecule has 110 valence electrons. The molecule has 0 amide bonds. The van der Waals surface area contributed by atoms with E-state index in [0.29, 0.717) is 5.69 Å². The minimum absolute atomic E-state index is 0.00735. The number of hydrogen-bond acceptors (Lipinski definition) is 4. The van der Waals surface area contributed by atoms with Gasteiger partial charge in [0.2, 0.25) is 0 Å². The highest BCUT2D eigenvalue weighted by Crippen LogP contribution is 2.19. The largest absolute Gasteiger partial charge is 0.384 e. The van der Waals surface area contributed by atoms with E-state index >= 15 is 0 Å². The summed E-state index contributed by atoms with van der Waals surface area (Å²) in [6.45, 7) is 1.18. The zero-order valence-electron chi connectivity index (χ0n) is 11.0. The van der Waals surface area contributed by atoms with Crippen LogP contribution >= 0.6 is 0 Å². The normalized spacial score (nSPS) is 10.8. The van der Waals surface area contributed by atoms with Gasteiger partial charge in [-0.1, -0.05) is 11.8 Å². The van der Waals surface area contributed by atoms with E-state index in [1.54, 1.807) is 6.92 Å². The van der Waals surface area contributed by atoms with Gasteiger partial charge in [-0.3, -0.25) is 9.82 Å². The van der Waals surface area contributed by atoms with Gasteiger partial charge < -0.3 is 5.11 Å². The van der Waals surface area contributed by atoms with E-state index in [1.165, 1.54) is 18.3 Å². The van der Waals surface area contributed by atoms with E-state index in [1.807, 2.05) is 0 Å². The number of halogens is 1. The van der Waals surface area contributed by atoms with E-state index in [0.717, 1.165) is 6.07 Å². The molecule has 0 bridgehead atoms. The van der Waals surface area contributed by atoms with Crippen molar-refractivity contribution in [3.05, 3.63) is 41.5 Å². The SMILES string of the molecule is Cc1[nH]ncc1S(=O)(=O)Nc1ccc(C#CCO)c(F)c1. The Bertz CT molecular complexity index is 819. The van der Waals surface area contributed by atoms with Crippen molar-refractivity contribution in [1.29, 1.82) is 0 Å². The van der Waals surface area contributed by atoms with Gasteiger partial charge in [-0.2, -0.15) is 5.10 Å². The van der Waals surface area contributed by atoms with Gasteiger partial charge in [0.25, 0.3) is 10.0 Å². The van der Waals surface area contributed by atoms with Gasteiger partial charge in [0.15, 0.2) is 0 Å². The van der Waals surface area contributed by atoms with Crippen molar-refractivity contribution >= 4 is 15.7 Å². The summed E-state index contributed by atoms with van der Waals surface area (Å²) < 4.78 is 40.2. The van der Waals surface area contributed by atoms with Crippen molar-refractivity contribution in [3.63, 3.8) is 0 Å². The number of sulfonamides is 1. The van der Waals surface area contributed by atoms with E-state index in [4.69, 9.17) is 5.11 Å². The summed E-state index contributed by atoms with van der Waals surface area (Å²) in [7, 11) is -3.83. The molecule has 0 saturated carbocycles. The fourth-order valence-electron chi connectivity index (χ4n) is 1.64. The lowest BCUT2D eigenvalue weighted by Gasteiger charge is -2.07. The first-order valence-corrected chi connectivity index (χ1v) is 7.34. The molecule has 0 fully saturated rings. The summed E-state index contributed by atoms with van der Waals surface area (Å²) in [5.74, 6) is 4.06. The number of H-pyrrole nitrogens is 1. The maximum atomic E-state index is 13.7. The standard InChI is InChI=1S/C13H12FN3O3S/c1-9-13(8-15-16-9)21(19,20)17-11-5-4-10(3-2-6-18)12(14)7-11/h4-5,7-8,17-18H,6H2,1H3,(H,15,16). The average Bonchev–Trinajstić information content (AvgIpc) is 2.84. The van der Waals surface area contributed by atoms with Crippen LogP contribution in [0.25, 0.3) is 0 Å². The van der Waals surface area contributed by atoms with Crippen molar-refractivity contribution in [3.8, 4) is 11.8 Å². The van der Waals surface area contributed by atoms with Crippen LogP contribution in [0.4, 0.5) is 10.1 Å². The summed E-state index contributed by atoms with van der Waals surface area (Å²) in [5.41, 5.74) is 0.530. The van der Waals surface area contributed by atoms with Crippen molar-refractivity contribution in [2.24, 2.45) is 0 Å². The molecule has 0 aliphatic carbocycles. The zero-order valence-corrected chi connectivity index (χ0v) is 11.8. The molecule has 2 aromatic rings. The van der Waals surface area contributed by atoms with Crippen LogP contribution in [-0.4, -0.2) is 30.3 Å². The average molecular weight is 309 g/mol. The van der Waals surface area contributed by atoms with Crippen LogP contribution in [0.5, 0.6) is 0 Å². The fraction of sp³-hybridized carbons (Fsp3) is 0.154. The van der Waals surface area contributed by atoms with Crippen molar-refractivity contribution < 1.29 is 17.9 Å². The minimum Gasteiger partial charge on any atom is -0.384 e. The Hall–Kier alpha value is -2.37. The first-order chi connectivity index (χ1) is 9.94. The number of aromatic amines is 1. The number of aromatic nitrogens is 2. The van der Waals surface area contributed by atoms with Crippen LogP contribution in [0, 0.1) is 24.6 Å². The number of nitrogens with zero attached hydrogens (tertiary/aromatic N) is 1. The molecular formula is C13H12FN3O3S. The van der Waals surface area contributed by atoms with Crippen LogP contribution in [0.2, 0.25) is 0 Å². The molecule has 0 atom stereocenters. The molecule has 0 radical (unpaired) electrons. The molecule has 1 aromatic heterocycles. The van der Waals surface area contributed by atoms with Gasteiger partial charge in [-0.05, 0) is 25.1 Å². The summed E-state index contributed by atoms with van der Waals surface area (Å²) in [6.07, 6.45) is 1.18.